The molecular formula is C12H12N2O2S. The number of para-hydroxylation sites is 1. The molecule has 3 rings (SSSR count). The highest BCUT2D eigenvalue weighted by atomic mass is 32.2. The maximum atomic E-state index is 12.0. The fourth-order valence-corrected chi connectivity index (χ4v) is 3.34. The largest absolute Gasteiger partial charge is 0.341 e. The highest BCUT2D eigenvalue weighted by Gasteiger charge is 2.28. The Morgan fingerprint density at radius 3 is 2.88 bits per heavy atom. The zero-order chi connectivity index (χ0) is 11.9. The lowest BCUT2D eigenvalue weighted by atomic mass is 10.1. The van der Waals surface area contributed by atoms with Crippen LogP contribution in [0.4, 0.5) is 5.69 Å². The van der Waals surface area contributed by atoms with Crippen LogP contribution in [-0.4, -0.2) is 14.3 Å². The van der Waals surface area contributed by atoms with Crippen LogP contribution in [0.1, 0.15) is 12.8 Å². The molecule has 1 atom stereocenters. The molecule has 1 aromatic rings. The van der Waals surface area contributed by atoms with Gasteiger partial charge in [0.15, 0.2) is 0 Å². The third kappa shape index (κ3) is 1.76. The van der Waals surface area contributed by atoms with Crippen LogP contribution in [0.2, 0.25) is 0 Å². The molecule has 1 aromatic carbocycles. The van der Waals surface area contributed by atoms with Crippen molar-refractivity contribution >= 4 is 21.5 Å². The van der Waals surface area contributed by atoms with E-state index in [1.807, 2.05) is 12.1 Å². The smallest absolute Gasteiger partial charge is 0.286 e. The van der Waals surface area contributed by atoms with Gasteiger partial charge in [0.1, 0.15) is 10.7 Å². The van der Waals surface area contributed by atoms with Crippen LogP contribution < -0.4 is 5.32 Å². The maximum Gasteiger partial charge on any atom is 0.286 e. The molecule has 0 spiro atoms. The lowest BCUT2D eigenvalue weighted by Gasteiger charge is -2.20. The number of sulfonamides is 1. The Morgan fingerprint density at radius 2 is 2.12 bits per heavy atom. The molecule has 4 nitrogen and oxygen atoms in total. The van der Waals surface area contributed by atoms with E-state index in [9.17, 15) is 8.42 Å². The van der Waals surface area contributed by atoms with Gasteiger partial charge in [0.25, 0.3) is 10.0 Å². The number of nitrogens with zero attached hydrogens (tertiary/aromatic N) is 1. The summed E-state index contributed by atoms with van der Waals surface area (Å²) in [5, 5.41) is 3.11. The topological polar surface area (TPSA) is 58.5 Å². The van der Waals surface area contributed by atoms with Gasteiger partial charge in [0.05, 0.1) is 5.69 Å². The fourth-order valence-electron chi connectivity index (χ4n) is 2.16. The Bertz CT molecular complexity index is 617. The Morgan fingerprint density at radius 1 is 1.29 bits per heavy atom. The summed E-state index contributed by atoms with van der Waals surface area (Å²) < 4.78 is 27.8. The molecule has 0 saturated carbocycles. The first-order valence-corrected chi connectivity index (χ1v) is 6.98. The first-order chi connectivity index (χ1) is 8.17. The van der Waals surface area contributed by atoms with Crippen molar-refractivity contribution in [3.63, 3.8) is 0 Å². The van der Waals surface area contributed by atoms with Crippen molar-refractivity contribution in [3.8, 4) is 0 Å². The van der Waals surface area contributed by atoms with Gasteiger partial charge in [-0.2, -0.15) is 8.42 Å². The Hall–Kier alpha value is -1.62. The molecule has 1 aliphatic heterocycles. The highest BCUT2D eigenvalue weighted by molar-refractivity contribution is 7.90. The highest BCUT2D eigenvalue weighted by Crippen LogP contribution is 2.30. The first-order valence-electron chi connectivity index (χ1n) is 5.54. The van der Waals surface area contributed by atoms with Gasteiger partial charge >= 0.3 is 0 Å². The maximum absolute atomic E-state index is 12.0. The summed E-state index contributed by atoms with van der Waals surface area (Å²) in [6.45, 7) is 0. The van der Waals surface area contributed by atoms with Gasteiger partial charge in [-0.3, -0.25) is 0 Å². The van der Waals surface area contributed by atoms with Crippen LogP contribution in [-0.2, 0) is 10.0 Å². The summed E-state index contributed by atoms with van der Waals surface area (Å²) in [5.74, 6) is 0.635. The van der Waals surface area contributed by atoms with Crippen molar-refractivity contribution in [1.29, 1.82) is 0 Å². The van der Waals surface area contributed by atoms with Gasteiger partial charge < -0.3 is 5.32 Å². The Labute approximate surface area is 100 Å². The van der Waals surface area contributed by atoms with Crippen molar-refractivity contribution < 1.29 is 8.42 Å². The van der Waals surface area contributed by atoms with Crippen LogP contribution in [0, 0.1) is 5.92 Å². The second-order valence-electron chi connectivity index (χ2n) is 4.18. The van der Waals surface area contributed by atoms with Gasteiger partial charge in [-0.05, 0) is 25.0 Å². The fraction of sp³-hybridized carbons (Fsp3) is 0.250. The molecular weight excluding hydrogens is 236 g/mol. The monoisotopic (exact) mass is 248 g/mol. The molecule has 1 N–H and O–H groups in total. The van der Waals surface area contributed by atoms with Gasteiger partial charge in [-0.25, -0.2) is 0 Å². The van der Waals surface area contributed by atoms with Crippen LogP contribution in [0.25, 0.3) is 0 Å². The normalized spacial score (nSPS) is 24.9. The molecule has 0 bridgehead atoms. The summed E-state index contributed by atoms with van der Waals surface area (Å²) in [6.07, 6.45) is 5.97. The number of nitrogens with one attached hydrogen (secondary N) is 1. The minimum Gasteiger partial charge on any atom is -0.341 e. The van der Waals surface area contributed by atoms with Crippen LogP contribution in [0.5, 0.6) is 0 Å². The SMILES string of the molecule is O=S1(=O)N=C(C2C=CCC2)Nc2ccccc21. The van der Waals surface area contributed by atoms with Crippen molar-refractivity contribution in [3.05, 3.63) is 36.4 Å². The van der Waals surface area contributed by atoms with E-state index in [-0.39, 0.29) is 10.8 Å². The zero-order valence-corrected chi connectivity index (χ0v) is 9.94. The van der Waals surface area contributed by atoms with E-state index in [4.69, 9.17) is 0 Å². The lowest BCUT2D eigenvalue weighted by molar-refractivity contribution is 0.597. The number of allylic oxidation sites excluding steroid dienone is 1. The summed E-state index contributed by atoms with van der Waals surface area (Å²) in [4.78, 5) is 0.255. The third-order valence-corrected chi connectivity index (χ3v) is 4.36. The van der Waals surface area contributed by atoms with E-state index in [2.05, 4.69) is 15.8 Å². The summed E-state index contributed by atoms with van der Waals surface area (Å²) >= 11 is 0. The Balaban J connectivity index is 2.08. The molecule has 1 heterocycles. The molecule has 0 amide bonds. The zero-order valence-electron chi connectivity index (χ0n) is 9.13. The lowest BCUT2D eigenvalue weighted by Crippen LogP contribution is -2.26. The quantitative estimate of drug-likeness (QED) is 0.775. The minimum atomic E-state index is -3.54. The standard InChI is InChI=1S/C12H12N2O2S/c15-17(16)11-8-4-3-7-10(11)13-12(14-17)9-5-1-2-6-9/h1,3-5,7-9H,2,6H2,(H,13,14). The predicted molar refractivity (Wildman–Crippen MR) is 66.5 cm³/mol. The molecule has 1 aliphatic carbocycles. The summed E-state index contributed by atoms with van der Waals surface area (Å²) in [5.41, 5.74) is 0.623. The first kappa shape index (κ1) is 10.5. The van der Waals surface area contributed by atoms with Crippen molar-refractivity contribution in [2.75, 3.05) is 5.32 Å². The van der Waals surface area contributed by atoms with Crippen molar-refractivity contribution in [2.24, 2.45) is 10.3 Å². The van der Waals surface area contributed by atoms with E-state index in [1.165, 1.54) is 0 Å². The molecule has 17 heavy (non-hydrogen) atoms. The molecule has 5 heteroatoms. The molecule has 0 aromatic heterocycles. The number of rotatable bonds is 1. The third-order valence-electron chi connectivity index (χ3n) is 3.01. The average Bonchev–Trinajstić information content (AvgIpc) is 2.81. The number of fused-ring (bicyclic) bond motifs is 1. The number of hydrogen-bond donors (Lipinski definition) is 1. The number of anilines is 1. The second kappa shape index (κ2) is 3.70. The Kier molecular flexibility index (Phi) is 2.29. The molecule has 0 saturated heterocycles. The van der Waals surface area contributed by atoms with Gasteiger partial charge in [0, 0.05) is 5.92 Å². The molecule has 1 unspecified atom stereocenters. The number of hydrogen-bond acceptors (Lipinski definition) is 3. The van der Waals surface area contributed by atoms with E-state index >= 15 is 0 Å². The van der Waals surface area contributed by atoms with Crippen molar-refractivity contribution in [2.45, 2.75) is 17.7 Å². The minimum absolute atomic E-state index is 0.0955. The number of benzene rings is 1. The predicted octanol–water partition coefficient (Wildman–Crippen LogP) is 2.17. The van der Waals surface area contributed by atoms with E-state index in [0.29, 0.717) is 11.5 Å². The van der Waals surface area contributed by atoms with Gasteiger partial charge in [-0.1, -0.05) is 24.3 Å². The van der Waals surface area contributed by atoms with E-state index in [0.717, 1.165) is 12.8 Å². The molecule has 88 valence electrons. The van der Waals surface area contributed by atoms with Crippen LogP contribution in [0.15, 0.2) is 45.7 Å². The van der Waals surface area contributed by atoms with Gasteiger partial charge in [0.2, 0.25) is 0 Å². The molecule has 0 radical (unpaired) electrons. The molecule has 0 fully saturated rings. The van der Waals surface area contributed by atoms with E-state index < -0.39 is 10.0 Å². The van der Waals surface area contributed by atoms with Gasteiger partial charge in [-0.15, -0.1) is 4.40 Å². The van der Waals surface area contributed by atoms with Crippen LogP contribution >= 0.6 is 0 Å². The van der Waals surface area contributed by atoms with Crippen molar-refractivity contribution in [1.82, 2.24) is 0 Å². The van der Waals surface area contributed by atoms with Crippen LogP contribution in [0.3, 0.4) is 0 Å². The second-order valence-corrected chi connectivity index (χ2v) is 5.76. The van der Waals surface area contributed by atoms with E-state index in [1.54, 1.807) is 18.2 Å². The number of amidine groups is 1. The summed E-state index contributed by atoms with van der Waals surface area (Å²) in [6, 6.07) is 6.85. The average molecular weight is 248 g/mol. The summed E-state index contributed by atoms with van der Waals surface area (Å²) in [7, 11) is -3.54. The molecule has 2 aliphatic rings.